The summed E-state index contributed by atoms with van der Waals surface area (Å²) in [6.45, 7) is 8.90. The van der Waals surface area contributed by atoms with Gasteiger partial charge in [0.1, 0.15) is 0 Å². The van der Waals surface area contributed by atoms with Crippen molar-refractivity contribution in [2.45, 2.75) is 39.8 Å². The van der Waals surface area contributed by atoms with E-state index < -0.39 is 0 Å². The summed E-state index contributed by atoms with van der Waals surface area (Å²) in [5, 5.41) is 0.761. The van der Waals surface area contributed by atoms with Gasteiger partial charge < -0.3 is 10.5 Å². The number of halogens is 1. The molecule has 2 nitrogen and oxygen atoms in total. The molecule has 0 saturated carbocycles. The monoisotopic (exact) mass is 255 g/mol. The van der Waals surface area contributed by atoms with Crippen molar-refractivity contribution in [1.29, 1.82) is 0 Å². The lowest BCUT2D eigenvalue weighted by Gasteiger charge is -2.27. The Morgan fingerprint density at radius 2 is 2.00 bits per heavy atom. The smallest absolute Gasteiger partial charge is 0.0790 e. The van der Waals surface area contributed by atoms with E-state index in [4.69, 9.17) is 22.1 Å². The summed E-state index contributed by atoms with van der Waals surface area (Å²) in [5.74, 6) is 0.380. The first-order valence-corrected chi connectivity index (χ1v) is 6.48. The van der Waals surface area contributed by atoms with E-state index in [1.165, 1.54) is 0 Å². The molecule has 0 saturated heterocycles. The quantitative estimate of drug-likeness (QED) is 0.871. The van der Waals surface area contributed by atoms with E-state index in [9.17, 15) is 0 Å². The van der Waals surface area contributed by atoms with Crippen LogP contribution in [-0.2, 0) is 4.74 Å². The van der Waals surface area contributed by atoms with Crippen molar-refractivity contribution >= 4 is 11.6 Å². The van der Waals surface area contributed by atoms with Crippen LogP contribution in [0.2, 0.25) is 5.02 Å². The lowest BCUT2D eigenvalue weighted by Crippen LogP contribution is -2.33. The van der Waals surface area contributed by atoms with Crippen molar-refractivity contribution < 1.29 is 4.74 Å². The van der Waals surface area contributed by atoms with Gasteiger partial charge in [0.2, 0.25) is 0 Å². The topological polar surface area (TPSA) is 35.2 Å². The first-order valence-electron chi connectivity index (χ1n) is 6.10. The number of aryl methyl sites for hydroxylation is 1. The largest absolute Gasteiger partial charge is 0.376 e. The standard InChI is InChI=1S/C14H22ClNO/c1-5-17-14(9(2)3)13(16)11-7-6-10(4)12(15)8-11/h6-9,13-14H,5,16H2,1-4H3. The van der Waals surface area contributed by atoms with Gasteiger partial charge in [-0.25, -0.2) is 0 Å². The highest BCUT2D eigenvalue weighted by Gasteiger charge is 2.23. The number of hydrogen-bond acceptors (Lipinski definition) is 2. The Morgan fingerprint density at radius 1 is 1.35 bits per heavy atom. The fraction of sp³-hybridized carbons (Fsp3) is 0.571. The van der Waals surface area contributed by atoms with Crippen LogP contribution in [0.3, 0.4) is 0 Å². The molecule has 0 amide bonds. The highest BCUT2D eigenvalue weighted by atomic mass is 35.5. The highest BCUT2D eigenvalue weighted by molar-refractivity contribution is 6.31. The summed E-state index contributed by atoms with van der Waals surface area (Å²) >= 11 is 6.12. The molecule has 0 aliphatic rings. The van der Waals surface area contributed by atoms with Gasteiger partial charge in [-0.1, -0.05) is 37.6 Å². The molecule has 0 aliphatic heterocycles. The van der Waals surface area contributed by atoms with Crippen LogP contribution in [0.1, 0.15) is 37.9 Å². The zero-order valence-corrected chi connectivity index (χ0v) is 11.8. The van der Waals surface area contributed by atoms with Gasteiger partial charge in [-0.3, -0.25) is 0 Å². The molecule has 3 heteroatoms. The molecule has 1 aromatic rings. The number of benzene rings is 1. The van der Waals surface area contributed by atoms with Crippen LogP contribution in [0, 0.1) is 12.8 Å². The van der Waals surface area contributed by atoms with E-state index in [1.807, 2.05) is 32.0 Å². The van der Waals surface area contributed by atoms with Gasteiger partial charge in [-0.05, 0) is 37.0 Å². The Balaban J connectivity index is 2.92. The van der Waals surface area contributed by atoms with Crippen molar-refractivity contribution in [2.24, 2.45) is 11.7 Å². The molecular weight excluding hydrogens is 234 g/mol. The summed E-state index contributed by atoms with van der Waals surface area (Å²) in [7, 11) is 0. The number of ether oxygens (including phenoxy) is 1. The molecule has 2 atom stereocenters. The van der Waals surface area contributed by atoms with E-state index in [1.54, 1.807) is 0 Å². The maximum absolute atomic E-state index is 6.26. The zero-order chi connectivity index (χ0) is 13.0. The second-order valence-electron chi connectivity index (χ2n) is 4.70. The Hall–Kier alpha value is -0.570. The minimum Gasteiger partial charge on any atom is -0.376 e. The SMILES string of the molecule is CCOC(C(C)C)C(N)c1ccc(C)c(Cl)c1. The van der Waals surface area contributed by atoms with Crippen LogP contribution in [0.25, 0.3) is 0 Å². The second-order valence-corrected chi connectivity index (χ2v) is 5.11. The molecule has 96 valence electrons. The Labute approximate surface area is 109 Å². The molecule has 0 radical (unpaired) electrons. The maximum atomic E-state index is 6.26. The number of hydrogen-bond donors (Lipinski definition) is 1. The predicted octanol–water partition coefficient (Wildman–Crippen LogP) is 3.71. The van der Waals surface area contributed by atoms with Crippen LogP contribution in [-0.4, -0.2) is 12.7 Å². The Morgan fingerprint density at radius 3 is 2.47 bits per heavy atom. The molecule has 0 fully saturated rings. The average Bonchev–Trinajstić information content (AvgIpc) is 2.28. The van der Waals surface area contributed by atoms with Gasteiger partial charge in [0.25, 0.3) is 0 Å². The molecule has 0 heterocycles. The van der Waals surface area contributed by atoms with E-state index in [0.717, 1.165) is 16.1 Å². The van der Waals surface area contributed by atoms with Gasteiger partial charge in [0, 0.05) is 11.6 Å². The summed E-state index contributed by atoms with van der Waals surface area (Å²) in [5.41, 5.74) is 8.37. The van der Waals surface area contributed by atoms with Crippen LogP contribution in [0.15, 0.2) is 18.2 Å². The number of rotatable bonds is 5. The fourth-order valence-electron chi connectivity index (χ4n) is 1.91. The zero-order valence-electron chi connectivity index (χ0n) is 11.0. The average molecular weight is 256 g/mol. The molecule has 0 aromatic heterocycles. The van der Waals surface area contributed by atoms with Crippen molar-refractivity contribution in [3.63, 3.8) is 0 Å². The van der Waals surface area contributed by atoms with E-state index in [0.29, 0.717) is 12.5 Å². The minimum atomic E-state index is -0.131. The molecule has 17 heavy (non-hydrogen) atoms. The first-order chi connectivity index (χ1) is 7.97. The van der Waals surface area contributed by atoms with Crippen LogP contribution >= 0.6 is 11.6 Å². The maximum Gasteiger partial charge on any atom is 0.0790 e. The first kappa shape index (κ1) is 14.5. The molecule has 1 rings (SSSR count). The lowest BCUT2D eigenvalue weighted by molar-refractivity contribution is 0.0121. The minimum absolute atomic E-state index is 0.0266. The third-order valence-corrected chi connectivity index (χ3v) is 3.36. The summed E-state index contributed by atoms with van der Waals surface area (Å²) in [4.78, 5) is 0. The fourth-order valence-corrected chi connectivity index (χ4v) is 2.10. The highest BCUT2D eigenvalue weighted by Crippen LogP contribution is 2.26. The van der Waals surface area contributed by atoms with Gasteiger partial charge in [0.15, 0.2) is 0 Å². The van der Waals surface area contributed by atoms with E-state index in [2.05, 4.69) is 13.8 Å². The van der Waals surface area contributed by atoms with Gasteiger partial charge in [0.05, 0.1) is 12.1 Å². The summed E-state index contributed by atoms with van der Waals surface area (Å²) in [6.07, 6.45) is 0.0266. The van der Waals surface area contributed by atoms with Gasteiger partial charge in [-0.2, -0.15) is 0 Å². The van der Waals surface area contributed by atoms with Gasteiger partial charge >= 0.3 is 0 Å². The van der Waals surface area contributed by atoms with E-state index >= 15 is 0 Å². The summed E-state index contributed by atoms with van der Waals surface area (Å²) < 4.78 is 5.72. The lowest BCUT2D eigenvalue weighted by atomic mass is 9.93. The third-order valence-electron chi connectivity index (χ3n) is 2.95. The molecule has 1 aromatic carbocycles. The molecule has 2 N–H and O–H groups in total. The molecular formula is C14H22ClNO. The second kappa shape index (κ2) is 6.39. The Kier molecular flexibility index (Phi) is 5.44. The normalized spacial score (nSPS) is 15.0. The van der Waals surface area contributed by atoms with Gasteiger partial charge in [-0.15, -0.1) is 0 Å². The molecule has 0 spiro atoms. The van der Waals surface area contributed by atoms with Crippen LogP contribution in [0.4, 0.5) is 0 Å². The molecule has 0 aliphatic carbocycles. The van der Waals surface area contributed by atoms with Crippen LogP contribution < -0.4 is 5.73 Å². The van der Waals surface area contributed by atoms with Crippen LogP contribution in [0.5, 0.6) is 0 Å². The van der Waals surface area contributed by atoms with Crippen molar-refractivity contribution in [1.82, 2.24) is 0 Å². The predicted molar refractivity (Wildman–Crippen MR) is 73.4 cm³/mol. The van der Waals surface area contributed by atoms with E-state index in [-0.39, 0.29) is 12.1 Å². The van der Waals surface area contributed by atoms with Crippen molar-refractivity contribution in [2.75, 3.05) is 6.61 Å². The van der Waals surface area contributed by atoms with Crippen molar-refractivity contribution in [3.05, 3.63) is 34.3 Å². The summed E-state index contributed by atoms with van der Waals surface area (Å²) in [6, 6.07) is 5.84. The Bertz CT molecular complexity index is 365. The number of nitrogens with two attached hydrogens (primary N) is 1. The third kappa shape index (κ3) is 3.70. The molecule has 2 unspecified atom stereocenters. The molecule has 0 bridgehead atoms. The van der Waals surface area contributed by atoms with Crippen molar-refractivity contribution in [3.8, 4) is 0 Å².